The van der Waals surface area contributed by atoms with E-state index in [0.29, 0.717) is 6.61 Å². The third kappa shape index (κ3) is 5.85. The minimum absolute atomic E-state index is 0.181. The lowest BCUT2D eigenvalue weighted by molar-refractivity contribution is 0.302. The minimum Gasteiger partial charge on any atom is -0.493 e. The SMILES string of the molecule is CCCCCOc1ccc(S(=O)(=O)NCc2ccccc2)cc1C(C)C. The molecule has 0 aromatic heterocycles. The molecular formula is C21H29NO3S. The van der Waals surface area contributed by atoms with Gasteiger partial charge < -0.3 is 4.74 Å². The number of hydrogen-bond donors (Lipinski definition) is 1. The molecule has 142 valence electrons. The van der Waals surface area contributed by atoms with Crippen molar-refractivity contribution in [2.45, 2.75) is 57.4 Å². The van der Waals surface area contributed by atoms with Gasteiger partial charge in [0, 0.05) is 6.54 Å². The van der Waals surface area contributed by atoms with Gasteiger partial charge >= 0.3 is 0 Å². The van der Waals surface area contributed by atoms with Crippen molar-refractivity contribution in [3.63, 3.8) is 0 Å². The van der Waals surface area contributed by atoms with Crippen molar-refractivity contribution in [2.75, 3.05) is 6.61 Å². The van der Waals surface area contributed by atoms with Crippen LogP contribution in [-0.2, 0) is 16.6 Å². The van der Waals surface area contributed by atoms with Crippen molar-refractivity contribution in [1.29, 1.82) is 0 Å². The highest BCUT2D eigenvalue weighted by Gasteiger charge is 2.18. The van der Waals surface area contributed by atoms with Crippen molar-refractivity contribution in [1.82, 2.24) is 4.72 Å². The van der Waals surface area contributed by atoms with Gasteiger partial charge in [-0.05, 0) is 41.7 Å². The van der Waals surface area contributed by atoms with Crippen LogP contribution in [0.25, 0.3) is 0 Å². The zero-order valence-corrected chi connectivity index (χ0v) is 16.7. The first-order valence-electron chi connectivity index (χ1n) is 9.24. The van der Waals surface area contributed by atoms with E-state index in [9.17, 15) is 8.42 Å². The Hall–Kier alpha value is -1.85. The third-order valence-corrected chi connectivity index (χ3v) is 5.63. The molecule has 0 unspecified atom stereocenters. The number of hydrogen-bond acceptors (Lipinski definition) is 3. The normalized spacial score (nSPS) is 11.7. The highest BCUT2D eigenvalue weighted by atomic mass is 32.2. The fourth-order valence-electron chi connectivity index (χ4n) is 2.67. The zero-order valence-electron chi connectivity index (χ0n) is 15.9. The van der Waals surface area contributed by atoms with Gasteiger partial charge in [-0.3, -0.25) is 0 Å². The second-order valence-electron chi connectivity index (χ2n) is 6.72. The molecule has 2 aromatic rings. The predicted molar refractivity (Wildman–Crippen MR) is 106 cm³/mol. The summed E-state index contributed by atoms with van der Waals surface area (Å²) < 4.78 is 33.8. The molecule has 0 saturated carbocycles. The lowest BCUT2D eigenvalue weighted by Gasteiger charge is -2.16. The lowest BCUT2D eigenvalue weighted by atomic mass is 10.0. The smallest absolute Gasteiger partial charge is 0.240 e. The highest BCUT2D eigenvalue weighted by molar-refractivity contribution is 7.89. The molecule has 0 heterocycles. The van der Waals surface area contributed by atoms with Gasteiger partial charge in [0.2, 0.25) is 10.0 Å². The first kappa shape index (κ1) is 20.5. The Bertz CT molecular complexity index is 786. The molecule has 0 aliphatic rings. The van der Waals surface area contributed by atoms with E-state index >= 15 is 0 Å². The standard InChI is InChI=1S/C21H29NO3S/c1-4-5-9-14-25-21-13-12-19(15-20(21)17(2)3)26(23,24)22-16-18-10-7-6-8-11-18/h6-8,10-13,15,17,22H,4-5,9,14,16H2,1-3H3. The van der Waals surface area contributed by atoms with E-state index in [4.69, 9.17) is 4.74 Å². The van der Waals surface area contributed by atoms with Crippen LogP contribution >= 0.6 is 0 Å². The van der Waals surface area contributed by atoms with Crippen molar-refractivity contribution < 1.29 is 13.2 Å². The van der Waals surface area contributed by atoms with Gasteiger partial charge in [-0.1, -0.05) is 63.9 Å². The summed E-state index contributed by atoms with van der Waals surface area (Å²) in [5, 5.41) is 0. The van der Waals surface area contributed by atoms with Gasteiger partial charge in [-0.25, -0.2) is 13.1 Å². The van der Waals surface area contributed by atoms with Crippen LogP contribution < -0.4 is 9.46 Å². The van der Waals surface area contributed by atoms with E-state index in [-0.39, 0.29) is 17.4 Å². The Morgan fingerprint density at radius 1 is 1.04 bits per heavy atom. The average Bonchev–Trinajstić information content (AvgIpc) is 2.64. The Kier molecular flexibility index (Phi) is 7.66. The Labute approximate surface area is 157 Å². The average molecular weight is 376 g/mol. The van der Waals surface area contributed by atoms with E-state index in [0.717, 1.165) is 36.1 Å². The van der Waals surface area contributed by atoms with Gasteiger partial charge in [-0.15, -0.1) is 0 Å². The molecule has 0 bridgehead atoms. The van der Waals surface area contributed by atoms with Crippen LogP contribution in [0.15, 0.2) is 53.4 Å². The topological polar surface area (TPSA) is 55.4 Å². The summed E-state index contributed by atoms with van der Waals surface area (Å²) in [7, 11) is -3.57. The lowest BCUT2D eigenvalue weighted by Crippen LogP contribution is -2.23. The summed E-state index contributed by atoms with van der Waals surface area (Å²) in [5.41, 5.74) is 1.85. The van der Waals surface area contributed by atoms with Crippen LogP contribution in [0.5, 0.6) is 5.75 Å². The van der Waals surface area contributed by atoms with Gasteiger partial charge in [0.05, 0.1) is 11.5 Å². The Balaban J connectivity index is 2.13. The Morgan fingerprint density at radius 2 is 1.77 bits per heavy atom. The molecule has 5 heteroatoms. The van der Waals surface area contributed by atoms with Crippen LogP contribution in [0.4, 0.5) is 0 Å². The van der Waals surface area contributed by atoms with Gasteiger partial charge in [0.25, 0.3) is 0 Å². The second kappa shape index (κ2) is 9.74. The van der Waals surface area contributed by atoms with Crippen LogP contribution in [0.3, 0.4) is 0 Å². The number of ether oxygens (including phenoxy) is 1. The molecule has 0 aliphatic carbocycles. The zero-order chi connectivity index (χ0) is 19.0. The fraction of sp³-hybridized carbons (Fsp3) is 0.429. The maximum Gasteiger partial charge on any atom is 0.240 e. The molecular weight excluding hydrogens is 346 g/mol. The molecule has 0 spiro atoms. The molecule has 0 atom stereocenters. The maximum atomic E-state index is 12.6. The first-order chi connectivity index (χ1) is 12.4. The Morgan fingerprint density at radius 3 is 2.42 bits per heavy atom. The molecule has 0 radical (unpaired) electrons. The highest BCUT2D eigenvalue weighted by Crippen LogP contribution is 2.29. The molecule has 0 saturated heterocycles. The van der Waals surface area contributed by atoms with Crippen molar-refractivity contribution in [2.24, 2.45) is 0 Å². The predicted octanol–water partition coefficient (Wildman–Crippen LogP) is 4.86. The van der Waals surface area contributed by atoms with Crippen molar-refractivity contribution in [3.8, 4) is 5.75 Å². The first-order valence-corrected chi connectivity index (χ1v) is 10.7. The number of benzene rings is 2. The monoisotopic (exact) mass is 375 g/mol. The van der Waals surface area contributed by atoms with Crippen LogP contribution in [0.2, 0.25) is 0 Å². The fourth-order valence-corrected chi connectivity index (χ4v) is 3.72. The van der Waals surface area contributed by atoms with Gasteiger partial charge in [0.15, 0.2) is 0 Å². The molecule has 0 amide bonds. The van der Waals surface area contributed by atoms with Crippen molar-refractivity contribution in [3.05, 3.63) is 59.7 Å². The largest absolute Gasteiger partial charge is 0.493 e. The van der Waals surface area contributed by atoms with E-state index in [2.05, 4.69) is 11.6 Å². The van der Waals surface area contributed by atoms with E-state index in [1.54, 1.807) is 18.2 Å². The number of sulfonamides is 1. The quantitative estimate of drug-likeness (QED) is 0.604. The number of rotatable bonds is 10. The molecule has 1 N–H and O–H groups in total. The summed E-state index contributed by atoms with van der Waals surface area (Å²) in [6, 6.07) is 14.6. The maximum absolute atomic E-state index is 12.6. The molecule has 0 fully saturated rings. The van der Waals surface area contributed by atoms with Crippen LogP contribution in [0, 0.1) is 0 Å². The molecule has 0 aliphatic heterocycles. The summed E-state index contributed by atoms with van der Waals surface area (Å²) in [5.74, 6) is 0.957. The summed E-state index contributed by atoms with van der Waals surface area (Å²) in [6.45, 7) is 7.17. The molecule has 2 aromatic carbocycles. The molecule has 2 rings (SSSR count). The number of nitrogens with one attached hydrogen (secondary N) is 1. The number of unbranched alkanes of at least 4 members (excludes halogenated alkanes) is 2. The summed E-state index contributed by atoms with van der Waals surface area (Å²) in [6.07, 6.45) is 3.28. The summed E-state index contributed by atoms with van der Waals surface area (Å²) in [4.78, 5) is 0.276. The summed E-state index contributed by atoms with van der Waals surface area (Å²) >= 11 is 0. The van der Waals surface area contributed by atoms with E-state index in [1.165, 1.54) is 0 Å². The van der Waals surface area contributed by atoms with Crippen LogP contribution in [-0.4, -0.2) is 15.0 Å². The van der Waals surface area contributed by atoms with E-state index in [1.807, 2.05) is 44.2 Å². The van der Waals surface area contributed by atoms with E-state index < -0.39 is 10.0 Å². The van der Waals surface area contributed by atoms with Crippen molar-refractivity contribution >= 4 is 10.0 Å². The second-order valence-corrected chi connectivity index (χ2v) is 8.49. The third-order valence-electron chi connectivity index (χ3n) is 4.23. The van der Waals surface area contributed by atoms with Gasteiger partial charge in [-0.2, -0.15) is 0 Å². The molecule has 4 nitrogen and oxygen atoms in total. The van der Waals surface area contributed by atoms with Gasteiger partial charge in [0.1, 0.15) is 5.75 Å². The molecule has 26 heavy (non-hydrogen) atoms. The minimum atomic E-state index is -3.57. The van der Waals surface area contributed by atoms with Crippen LogP contribution in [0.1, 0.15) is 57.1 Å².